The van der Waals surface area contributed by atoms with Crippen LogP contribution in [-0.4, -0.2) is 30.9 Å². The molecule has 3 rings (SSSR count). The van der Waals surface area contributed by atoms with E-state index in [9.17, 15) is 4.79 Å². The summed E-state index contributed by atoms with van der Waals surface area (Å²) in [5.74, 6) is 1.01. The third-order valence-electron chi connectivity index (χ3n) is 4.25. The van der Waals surface area contributed by atoms with Gasteiger partial charge in [0.2, 0.25) is 5.91 Å². The summed E-state index contributed by atoms with van der Waals surface area (Å²) in [6.45, 7) is 6.10. The molecule has 0 spiro atoms. The molecule has 6 nitrogen and oxygen atoms in total. The Kier molecular flexibility index (Phi) is 5.91. The highest BCUT2D eigenvalue weighted by molar-refractivity contribution is 8.00. The number of carbonyl (C=O) groups is 1. The summed E-state index contributed by atoms with van der Waals surface area (Å²) in [4.78, 5) is 16.8. The fourth-order valence-electron chi connectivity index (χ4n) is 2.72. The van der Waals surface area contributed by atoms with Crippen molar-refractivity contribution in [3.63, 3.8) is 0 Å². The zero-order valence-corrected chi connectivity index (χ0v) is 16.7. The Balaban J connectivity index is 1.72. The zero-order chi connectivity index (χ0) is 19.4. The predicted octanol–water partition coefficient (Wildman–Crippen LogP) is 4.12. The minimum absolute atomic E-state index is 0.0565. The predicted molar refractivity (Wildman–Crippen MR) is 109 cm³/mol. The minimum Gasteiger partial charge on any atom is -0.325 e. The van der Waals surface area contributed by atoms with Crippen molar-refractivity contribution in [2.45, 2.75) is 37.1 Å². The van der Waals surface area contributed by atoms with Crippen LogP contribution >= 0.6 is 11.8 Å². The maximum Gasteiger partial charge on any atom is 0.237 e. The molecule has 0 aliphatic heterocycles. The fourth-order valence-corrected chi connectivity index (χ4v) is 3.54. The molecule has 0 radical (unpaired) electrons. The van der Waals surface area contributed by atoms with E-state index in [-0.39, 0.29) is 11.2 Å². The molecule has 0 aliphatic rings. The van der Waals surface area contributed by atoms with Gasteiger partial charge in [-0.3, -0.25) is 9.78 Å². The Morgan fingerprint density at radius 3 is 2.59 bits per heavy atom. The van der Waals surface area contributed by atoms with Crippen molar-refractivity contribution in [1.82, 2.24) is 19.7 Å². The number of pyridine rings is 1. The number of nitrogens with zero attached hydrogens (tertiary/aromatic N) is 4. The number of carbonyl (C=O) groups excluding carboxylic acids is 1. The summed E-state index contributed by atoms with van der Waals surface area (Å²) in [6, 6.07) is 11.7. The molecule has 0 saturated carbocycles. The summed E-state index contributed by atoms with van der Waals surface area (Å²) in [6.07, 6.45) is 3.47. The number of para-hydroxylation sites is 1. The second-order valence-corrected chi connectivity index (χ2v) is 7.91. The molecular weight excluding hydrogens is 358 g/mol. The zero-order valence-electron chi connectivity index (χ0n) is 15.9. The van der Waals surface area contributed by atoms with E-state index >= 15 is 0 Å². The SMILES string of the molecule is CC(Sc1nnc(-c2cccnc2)n1C)C(=O)Nc1ccccc1C(C)C. The Hall–Kier alpha value is -2.67. The summed E-state index contributed by atoms with van der Waals surface area (Å²) in [7, 11) is 1.89. The van der Waals surface area contributed by atoms with Gasteiger partial charge in [0.1, 0.15) is 0 Å². The van der Waals surface area contributed by atoms with E-state index < -0.39 is 0 Å². The van der Waals surface area contributed by atoms with Gasteiger partial charge in [0.15, 0.2) is 11.0 Å². The van der Waals surface area contributed by atoms with Crippen LogP contribution in [0.3, 0.4) is 0 Å². The highest BCUT2D eigenvalue weighted by atomic mass is 32.2. The van der Waals surface area contributed by atoms with Gasteiger partial charge < -0.3 is 9.88 Å². The molecule has 7 heteroatoms. The van der Waals surface area contributed by atoms with Crippen LogP contribution in [0.25, 0.3) is 11.4 Å². The molecule has 1 atom stereocenters. The van der Waals surface area contributed by atoms with E-state index in [1.165, 1.54) is 11.8 Å². The summed E-state index contributed by atoms with van der Waals surface area (Å²) in [5, 5.41) is 11.9. The van der Waals surface area contributed by atoms with Gasteiger partial charge in [-0.15, -0.1) is 10.2 Å². The number of hydrogen-bond donors (Lipinski definition) is 1. The molecule has 2 heterocycles. The summed E-state index contributed by atoms with van der Waals surface area (Å²) in [5.41, 5.74) is 2.88. The van der Waals surface area contributed by atoms with Gasteiger partial charge in [-0.05, 0) is 36.6 Å². The van der Waals surface area contributed by atoms with Crippen LogP contribution in [0.2, 0.25) is 0 Å². The van der Waals surface area contributed by atoms with E-state index in [1.807, 2.05) is 54.9 Å². The molecule has 1 aromatic carbocycles. The lowest BCUT2D eigenvalue weighted by atomic mass is 10.0. The maximum absolute atomic E-state index is 12.7. The van der Waals surface area contributed by atoms with Gasteiger partial charge in [-0.1, -0.05) is 43.8 Å². The van der Waals surface area contributed by atoms with Crippen molar-refractivity contribution in [2.24, 2.45) is 7.05 Å². The molecule has 0 saturated heterocycles. The first-order chi connectivity index (χ1) is 13.0. The van der Waals surface area contributed by atoms with E-state index in [4.69, 9.17) is 0 Å². The summed E-state index contributed by atoms with van der Waals surface area (Å²) < 4.78 is 1.88. The van der Waals surface area contributed by atoms with Crippen molar-refractivity contribution in [2.75, 3.05) is 5.32 Å². The molecule has 0 aliphatic carbocycles. The van der Waals surface area contributed by atoms with E-state index in [0.29, 0.717) is 11.1 Å². The van der Waals surface area contributed by atoms with Crippen LogP contribution in [0.1, 0.15) is 32.3 Å². The third-order valence-corrected chi connectivity index (χ3v) is 5.38. The number of anilines is 1. The number of thioether (sulfide) groups is 1. The van der Waals surface area contributed by atoms with Crippen molar-refractivity contribution in [3.05, 3.63) is 54.4 Å². The van der Waals surface area contributed by atoms with Gasteiger partial charge >= 0.3 is 0 Å². The summed E-state index contributed by atoms with van der Waals surface area (Å²) >= 11 is 1.38. The van der Waals surface area contributed by atoms with E-state index in [1.54, 1.807) is 12.4 Å². The van der Waals surface area contributed by atoms with Crippen LogP contribution < -0.4 is 5.32 Å². The number of nitrogens with one attached hydrogen (secondary N) is 1. The van der Waals surface area contributed by atoms with Gasteiger partial charge in [0.25, 0.3) is 0 Å². The average Bonchev–Trinajstić information content (AvgIpc) is 3.03. The normalized spacial score (nSPS) is 12.2. The highest BCUT2D eigenvalue weighted by Crippen LogP contribution is 2.28. The Bertz CT molecular complexity index is 923. The lowest BCUT2D eigenvalue weighted by Crippen LogP contribution is -2.23. The number of hydrogen-bond acceptors (Lipinski definition) is 5. The average molecular weight is 382 g/mol. The van der Waals surface area contributed by atoms with Crippen LogP contribution in [0.15, 0.2) is 53.9 Å². The van der Waals surface area contributed by atoms with Crippen molar-refractivity contribution in [3.8, 4) is 11.4 Å². The molecule has 0 bridgehead atoms. The fraction of sp³-hybridized carbons (Fsp3) is 0.300. The monoisotopic (exact) mass is 381 g/mol. The molecule has 1 N–H and O–H groups in total. The van der Waals surface area contributed by atoms with Crippen LogP contribution in [-0.2, 0) is 11.8 Å². The molecule has 2 aromatic heterocycles. The van der Waals surface area contributed by atoms with Crippen molar-refractivity contribution in [1.29, 1.82) is 0 Å². The first-order valence-electron chi connectivity index (χ1n) is 8.83. The number of aromatic nitrogens is 4. The number of rotatable bonds is 6. The molecule has 3 aromatic rings. The second-order valence-electron chi connectivity index (χ2n) is 6.60. The largest absolute Gasteiger partial charge is 0.325 e. The third kappa shape index (κ3) is 4.36. The lowest BCUT2D eigenvalue weighted by molar-refractivity contribution is -0.115. The van der Waals surface area contributed by atoms with Crippen LogP contribution in [0.4, 0.5) is 5.69 Å². The second kappa shape index (κ2) is 8.35. The van der Waals surface area contributed by atoms with Crippen molar-refractivity contribution >= 4 is 23.4 Å². The van der Waals surface area contributed by atoms with Crippen LogP contribution in [0, 0.1) is 0 Å². The lowest BCUT2D eigenvalue weighted by Gasteiger charge is -2.16. The Morgan fingerprint density at radius 1 is 1.11 bits per heavy atom. The molecule has 0 fully saturated rings. The topological polar surface area (TPSA) is 72.7 Å². The maximum atomic E-state index is 12.7. The first kappa shape index (κ1) is 19.1. The standard InChI is InChI=1S/C20H23N5OS/c1-13(2)16-9-5-6-10-17(16)22-19(26)14(3)27-20-24-23-18(25(20)4)15-8-7-11-21-12-15/h5-14H,1-4H3,(H,22,26). The van der Waals surface area contributed by atoms with Crippen LogP contribution in [0.5, 0.6) is 0 Å². The number of amides is 1. The number of benzene rings is 1. The van der Waals surface area contributed by atoms with Gasteiger partial charge in [-0.25, -0.2) is 0 Å². The van der Waals surface area contributed by atoms with Gasteiger partial charge in [0.05, 0.1) is 5.25 Å². The van der Waals surface area contributed by atoms with E-state index in [0.717, 1.165) is 22.6 Å². The molecule has 140 valence electrons. The van der Waals surface area contributed by atoms with E-state index in [2.05, 4.69) is 34.3 Å². The van der Waals surface area contributed by atoms with Gasteiger partial charge in [0, 0.05) is 30.7 Å². The Labute approximate surface area is 163 Å². The quantitative estimate of drug-likeness (QED) is 0.650. The highest BCUT2D eigenvalue weighted by Gasteiger charge is 2.20. The molecule has 1 amide bonds. The Morgan fingerprint density at radius 2 is 1.89 bits per heavy atom. The first-order valence-corrected chi connectivity index (χ1v) is 9.71. The smallest absolute Gasteiger partial charge is 0.237 e. The van der Waals surface area contributed by atoms with Gasteiger partial charge in [-0.2, -0.15) is 0 Å². The molecule has 1 unspecified atom stereocenters. The molecule has 27 heavy (non-hydrogen) atoms. The van der Waals surface area contributed by atoms with Crippen molar-refractivity contribution < 1.29 is 4.79 Å². The minimum atomic E-state index is -0.310. The molecular formula is C20H23N5OS.